The second kappa shape index (κ2) is 7.65. The van der Waals surface area contributed by atoms with E-state index in [1.165, 1.54) is 0 Å². The normalized spacial score (nSPS) is 11.0. The first-order valence-electron chi connectivity index (χ1n) is 9.02. The van der Waals surface area contributed by atoms with E-state index >= 15 is 0 Å². The first-order chi connectivity index (χ1) is 12.9. The first-order valence-corrected chi connectivity index (χ1v) is 9.02. The van der Waals surface area contributed by atoms with Crippen molar-refractivity contribution in [3.05, 3.63) is 53.7 Å². The molecule has 0 atom stereocenters. The van der Waals surface area contributed by atoms with Gasteiger partial charge in [0.25, 0.3) is 0 Å². The molecule has 1 aromatic carbocycles. The van der Waals surface area contributed by atoms with Crippen LogP contribution in [0.15, 0.2) is 36.8 Å². The molecule has 0 saturated heterocycles. The third-order valence-corrected chi connectivity index (χ3v) is 4.63. The Morgan fingerprint density at radius 1 is 1.33 bits per heavy atom. The van der Waals surface area contributed by atoms with Gasteiger partial charge in [0.15, 0.2) is 0 Å². The number of hydrogen-bond acceptors (Lipinski definition) is 3. The van der Waals surface area contributed by atoms with Crippen LogP contribution < -0.4 is 5.32 Å². The fraction of sp³-hybridized carbons (Fsp3) is 0.350. The van der Waals surface area contributed by atoms with Gasteiger partial charge in [0.1, 0.15) is 0 Å². The lowest BCUT2D eigenvalue weighted by molar-refractivity contribution is 0.220. The zero-order valence-corrected chi connectivity index (χ0v) is 16.4. The zero-order chi connectivity index (χ0) is 19.6. The van der Waals surface area contributed by atoms with E-state index in [9.17, 15) is 4.79 Å². The molecule has 3 aromatic rings. The number of aromatic nitrogens is 4. The minimum Gasteiger partial charge on any atom is -0.345 e. The number of nitrogens with zero attached hydrogens (tertiary/aromatic N) is 4. The highest BCUT2D eigenvalue weighted by Gasteiger charge is 2.17. The van der Waals surface area contributed by atoms with Crippen LogP contribution in [0.2, 0.25) is 0 Å². The second-order valence-corrected chi connectivity index (χ2v) is 7.02. The molecule has 7 nitrogen and oxygen atoms in total. The highest BCUT2D eigenvalue weighted by Crippen LogP contribution is 2.21. The smallest absolute Gasteiger partial charge is 0.321 e. The topological polar surface area (TPSA) is 78.8 Å². The Hall–Kier alpha value is -3.09. The Morgan fingerprint density at radius 2 is 2.11 bits per heavy atom. The number of amides is 2. The van der Waals surface area contributed by atoms with Crippen molar-refractivity contribution in [1.29, 1.82) is 0 Å². The number of carbonyl (C=O) groups excluding carboxylic acids is 1. The molecule has 0 fully saturated rings. The number of carbonyl (C=O) groups is 1. The van der Waals surface area contributed by atoms with Crippen LogP contribution in [-0.2, 0) is 6.54 Å². The Labute approximate surface area is 159 Å². The molecule has 2 N–H and O–H groups in total. The lowest BCUT2D eigenvalue weighted by Crippen LogP contribution is -2.31. The Bertz CT molecular complexity index is 926. The van der Waals surface area contributed by atoms with Gasteiger partial charge in [-0.25, -0.2) is 9.78 Å². The number of urea groups is 1. The molecular weight excluding hydrogens is 340 g/mol. The summed E-state index contributed by atoms with van der Waals surface area (Å²) in [5, 5.41) is 7.55. The van der Waals surface area contributed by atoms with Crippen LogP contribution in [0.3, 0.4) is 0 Å². The van der Waals surface area contributed by atoms with Crippen LogP contribution in [0, 0.1) is 13.8 Å². The summed E-state index contributed by atoms with van der Waals surface area (Å²) < 4.78 is 2.00. The van der Waals surface area contributed by atoms with Gasteiger partial charge in [-0.3, -0.25) is 4.68 Å². The molecule has 27 heavy (non-hydrogen) atoms. The predicted molar refractivity (Wildman–Crippen MR) is 107 cm³/mol. The molecule has 7 heteroatoms. The summed E-state index contributed by atoms with van der Waals surface area (Å²) in [5.74, 6) is 0. The van der Waals surface area contributed by atoms with Crippen molar-refractivity contribution < 1.29 is 4.79 Å². The van der Waals surface area contributed by atoms with E-state index in [0.717, 1.165) is 33.9 Å². The first kappa shape index (κ1) is 18.7. The lowest BCUT2D eigenvalue weighted by atomic mass is 10.1. The molecule has 0 saturated carbocycles. The number of aromatic amines is 1. The summed E-state index contributed by atoms with van der Waals surface area (Å²) in [6.45, 7) is 8.75. The minimum absolute atomic E-state index is 0.159. The SMILES string of the molecule is Cc1nn(C(C)C)c(C)c1CN(C)C(=O)Nc1cccc(-c2cnc[nH]2)c1. The van der Waals surface area contributed by atoms with Crippen molar-refractivity contribution in [3.8, 4) is 11.3 Å². The summed E-state index contributed by atoms with van der Waals surface area (Å²) in [5.41, 5.74) is 5.77. The molecule has 0 aliphatic rings. The van der Waals surface area contributed by atoms with Gasteiger partial charge in [-0.05, 0) is 39.8 Å². The van der Waals surface area contributed by atoms with Crippen LogP contribution in [0.1, 0.15) is 36.8 Å². The third-order valence-electron chi connectivity index (χ3n) is 4.63. The highest BCUT2D eigenvalue weighted by molar-refractivity contribution is 5.89. The summed E-state index contributed by atoms with van der Waals surface area (Å²) in [7, 11) is 1.79. The number of benzene rings is 1. The fourth-order valence-corrected chi connectivity index (χ4v) is 3.13. The monoisotopic (exact) mass is 366 g/mol. The molecule has 0 bridgehead atoms. The van der Waals surface area contributed by atoms with Crippen molar-refractivity contribution in [3.63, 3.8) is 0 Å². The quantitative estimate of drug-likeness (QED) is 0.712. The Balaban J connectivity index is 1.71. The molecule has 142 valence electrons. The van der Waals surface area contributed by atoms with Crippen molar-refractivity contribution >= 4 is 11.7 Å². The van der Waals surface area contributed by atoms with E-state index in [2.05, 4.69) is 41.2 Å². The van der Waals surface area contributed by atoms with E-state index in [4.69, 9.17) is 0 Å². The van der Waals surface area contributed by atoms with E-state index in [-0.39, 0.29) is 6.03 Å². The van der Waals surface area contributed by atoms with Gasteiger partial charge in [-0.2, -0.15) is 5.10 Å². The zero-order valence-electron chi connectivity index (χ0n) is 16.4. The number of anilines is 1. The van der Waals surface area contributed by atoms with Crippen LogP contribution in [-0.4, -0.2) is 37.7 Å². The molecule has 2 aromatic heterocycles. The van der Waals surface area contributed by atoms with Crippen LogP contribution in [0.25, 0.3) is 11.3 Å². The average molecular weight is 366 g/mol. The van der Waals surface area contributed by atoms with E-state index in [0.29, 0.717) is 12.6 Å². The van der Waals surface area contributed by atoms with E-state index in [1.807, 2.05) is 35.9 Å². The molecule has 2 heterocycles. The average Bonchev–Trinajstić information content (AvgIpc) is 3.26. The Kier molecular flexibility index (Phi) is 5.30. The van der Waals surface area contributed by atoms with Gasteiger partial charge in [-0.1, -0.05) is 12.1 Å². The van der Waals surface area contributed by atoms with Crippen molar-refractivity contribution in [2.75, 3.05) is 12.4 Å². The largest absolute Gasteiger partial charge is 0.345 e. The van der Waals surface area contributed by atoms with E-state index in [1.54, 1.807) is 24.5 Å². The molecule has 3 rings (SSSR count). The number of aryl methyl sites for hydroxylation is 1. The fourth-order valence-electron chi connectivity index (χ4n) is 3.13. The van der Waals surface area contributed by atoms with E-state index < -0.39 is 0 Å². The van der Waals surface area contributed by atoms with Gasteiger partial charge in [0.05, 0.1) is 30.5 Å². The maximum Gasteiger partial charge on any atom is 0.321 e. The van der Waals surface area contributed by atoms with Crippen molar-refractivity contribution in [1.82, 2.24) is 24.6 Å². The van der Waals surface area contributed by atoms with Gasteiger partial charge >= 0.3 is 6.03 Å². The van der Waals surface area contributed by atoms with Gasteiger partial charge < -0.3 is 15.2 Å². The molecule has 0 spiro atoms. The lowest BCUT2D eigenvalue weighted by Gasteiger charge is -2.19. The molecule has 0 unspecified atom stereocenters. The number of hydrogen-bond donors (Lipinski definition) is 2. The molecule has 2 amide bonds. The summed E-state index contributed by atoms with van der Waals surface area (Å²) in [4.78, 5) is 21.4. The molecule has 0 radical (unpaired) electrons. The van der Waals surface area contributed by atoms with Crippen LogP contribution >= 0.6 is 0 Å². The number of nitrogens with one attached hydrogen (secondary N) is 2. The molecule has 0 aliphatic heterocycles. The summed E-state index contributed by atoms with van der Waals surface area (Å²) in [6, 6.07) is 7.81. The summed E-state index contributed by atoms with van der Waals surface area (Å²) >= 11 is 0. The van der Waals surface area contributed by atoms with Crippen LogP contribution in [0.4, 0.5) is 10.5 Å². The van der Waals surface area contributed by atoms with Gasteiger partial charge in [0.2, 0.25) is 0 Å². The maximum absolute atomic E-state index is 12.6. The third kappa shape index (κ3) is 4.02. The number of imidazole rings is 1. The second-order valence-electron chi connectivity index (χ2n) is 7.02. The molecule has 0 aliphatic carbocycles. The van der Waals surface area contributed by atoms with Gasteiger partial charge in [0, 0.05) is 35.6 Å². The summed E-state index contributed by atoms with van der Waals surface area (Å²) in [6.07, 6.45) is 3.39. The number of rotatable bonds is 5. The Morgan fingerprint density at radius 3 is 2.74 bits per heavy atom. The maximum atomic E-state index is 12.6. The predicted octanol–water partition coefficient (Wildman–Crippen LogP) is 4.13. The number of H-pyrrole nitrogens is 1. The van der Waals surface area contributed by atoms with Crippen molar-refractivity contribution in [2.24, 2.45) is 0 Å². The van der Waals surface area contributed by atoms with Crippen molar-refractivity contribution in [2.45, 2.75) is 40.3 Å². The minimum atomic E-state index is -0.159. The van der Waals surface area contributed by atoms with Gasteiger partial charge in [-0.15, -0.1) is 0 Å². The highest BCUT2D eigenvalue weighted by atomic mass is 16.2. The standard InChI is InChI=1S/C20H26N6O/c1-13(2)26-15(4)18(14(3)24-26)11-25(5)20(27)23-17-8-6-7-16(9-17)19-10-21-12-22-19/h6-10,12-13H,11H2,1-5H3,(H,21,22)(H,23,27). The van der Waals surface area contributed by atoms with Crippen LogP contribution in [0.5, 0.6) is 0 Å². The molecular formula is C20H26N6O.